The molecule has 0 bridgehead atoms. The van der Waals surface area contributed by atoms with Crippen LogP contribution in [0, 0.1) is 0 Å². The van der Waals surface area contributed by atoms with E-state index < -0.39 is 6.10 Å². The van der Waals surface area contributed by atoms with Crippen LogP contribution in [-0.2, 0) is 16.0 Å². The lowest BCUT2D eigenvalue weighted by Gasteiger charge is -2.20. The number of benzene rings is 3. The summed E-state index contributed by atoms with van der Waals surface area (Å²) in [5.74, 6) is -0.329. The highest BCUT2D eigenvalue weighted by molar-refractivity contribution is 5.98. The maximum atomic E-state index is 13.1. The summed E-state index contributed by atoms with van der Waals surface area (Å²) in [6.45, 7) is 0.615. The summed E-state index contributed by atoms with van der Waals surface area (Å²) in [7, 11) is 0. The first kappa shape index (κ1) is 21.8. The molecule has 3 aromatic rings. The van der Waals surface area contributed by atoms with Gasteiger partial charge in [-0.25, -0.2) is 0 Å². The smallest absolute Gasteiger partial charge is 0.253 e. The fourth-order valence-electron chi connectivity index (χ4n) is 3.95. The predicted octanol–water partition coefficient (Wildman–Crippen LogP) is 4.91. The van der Waals surface area contributed by atoms with Crippen LogP contribution in [0.25, 0.3) is 0 Å². The lowest BCUT2D eigenvalue weighted by molar-refractivity contribution is -0.124. The van der Waals surface area contributed by atoms with E-state index in [0.29, 0.717) is 17.9 Å². The molecule has 5 nitrogen and oxygen atoms in total. The Labute approximate surface area is 188 Å². The molecule has 32 heavy (non-hydrogen) atoms. The summed E-state index contributed by atoms with van der Waals surface area (Å²) < 4.78 is 5.44. The molecule has 164 valence electrons. The van der Waals surface area contributed by atoms with Crippen molar-refractivity contribution < 1.29 is 14.3 Å². The second-order valence-electron chi connectivity index (χ2n) is 8.03. The first-order valence-corrected chi connectivity index (χ1v) is 11.1. The minimum atomic E-state index is -0.409. The van der Waals surface area contributed by atoms with Gasteiger partial charge in [0.15, 0.2) is 0 Å². The summed E-state index contributed by atoms with van der Waals surface area (Å²) in [5, 5.41) is 6.05. The van der Waals surface area contributed by atoms with Crippen molar-refractivity contribution in [2.45, 2.75) is 37.8 Å². The fourth-order valence-corrected chi connectivity index (χ4v) is 3.95. The van der Waals surface area contributed by atoms with E-state index in [4.69, 9.17) is 4.74 Å². The Kier molecular flexibility index (Phi) is 7.31. The zero-order valence-corrected chi connectivity index (χ0v) is 18.0. The summed E-state index contributed by atoms with van der Waals surface area (Å²) in [5.41, 5.74) is 3.41. The van der Waals surface area contributed by atoms with E-state index >= 15 is 0 Å². The standard InChI is InChI=1S/C27H28N2O3/c30-26(22-13-7-14-23(19-22)28-27(31)25-15-8-18-32-25)29-24(21-11-5-2-6-12-21)17-16-20-9-3-1-4-10-20/h1-7,9-14,19,24-25H,8,15-18H2,(H,28,31)(H,29,30). The Hall–Kier alpha value is -3.44. The summed E-state index contributed by atoms with van der Waals surface area (Å²) in [6, 6.07) is 27.2. The van der Waals surface area contributed by atoms with Crippen LogP contribution in [0.5, 0.6) is 0 Å². The second-order valence-corrected chi connectivity index (χ2v) is 8.03. The molecule has 3 aromatic carbocycles. The molecule has 0 saturated carbocycles. The molecule has 0 radical (unpaired) electrons. The van der Waals surface area contributed by atoms with Gasteiger partial charge in [-0.15, -0.1) is 0 Å². The Morgan fingerprint density at radius 3 is 2.41 bits per heavy atom. The third-order valence-corrected chi connectivity index (χ3v) is 5.69. The maximum absolute atomic E-state index is 13.1. The molecule has 0 aromatic heterocycles. The van der Waals surface area contributed by atoms with Gasteiger partial charge >= 0.3 is 0 Å². The van der Waals surface area contributed by atoms with E-state index in [1.165, 1.54) is 5.56 Å². The number of hydrogen-bond acceptors (Lipinski definition) is 3. The highest BCUT2D eigenvalue weighted by atomic mass is 16.5. The van der Waals surface area contributed by atoms with Crippen LogP contribution in [0.4, 0.5) is 5.69 Å². The minimum Gasteiger partial charge on any atom is -0.368 e. The largest absolute Gasteiger partial charge is 0.368 e. The first-order valence-electron chi connectivity index (χ1n) is 11.1. The Bertz CT molecular complexity index is 1030. The van der Waals surface area contributed by atoms with Gasteiger partial charge in [0.25, 0.3) is 11.8 Å². The fraction of sp³-hybridized carbons (Fsp3) is 0.259. The molecule has 2 amide bonds. The van der Waals surface area contributed by atoms with Crippen molar-refractivity contribution >= 4 is 17.5 Å². The third kappa shape index (κ3) is 5.83. The molecule has 0 spiro atoms. The Morgan fingerprint density at radius 2 is 1.69 bits per heavy atom. The third-order valence-electron chi connectivity index (χ3n) is 5.69. The van der Waals surface area contributed by atoms with Gasteiger partial charge in [0.2, 0.25) is 0 Å². The van der Waals surface area contributed by atoms with E-state index in [0.717, 1.165) is 31.2 Å². The van der Waals surface area contributed by atoms with Crippen molar-refractivity contribution in [1.29, 1.82) is 0 Å². The van der Waals surface area contributed by atoms with E-state index in [2.05, 4.69) is 22.8 Å². The van der Waals surface area contributed by atoms with Gasteiger partial charge in [-0.1, -0.05) is 66.7 Å². The number of ether oxygens (including phenoxy) is 1. The number of carbonyl (C=O) groups is 2. The molecule has 4 rings (SSSR count). The molecule has 1 aliphatic rings. The van der Waals surface area contributed by atoms with Crippen LogP contribution in [0.3, 0.4) is 0 Å². The van der Waals surface area contributed by atoms with Gasteiger partial charge in [-0.05, 0) is 55.0 Å². The highest BCUT2D eigenvalue weighted by Gasteiger charge is 2.24. The first-order chi connectivity index (χ1) is 15.7. The molecule has 5 heteroatoms. The predicted molar refractivity (Wildman–Crippen MR) is 125 cm³/mol. The van der Waals surface area contributed by atoms with Gasteiger partial charge in [0, 0.05) is 17.9 Å². The average molecular weight is 429 g/mol. The minimum absolute atomic E-state index is 0.117. The van der Waals surface area contributed by atoms with Crippen molar-refractivity contribution in [2.24, 2.45) is 0 Å². The molecular formula is C27H28N2O3. The van der Waals surface area contributed by atoms with Crippen molar-refractivity contribution in [2.75, 3.05) is 11.9 Å². The molecule has 1 fully saturated rings. The van der Waals surface area contributed by atoms with E-state index in [1.54, 1.807) is 24.3 Å². The highest BCUT2D eigenvalue weighted by Crippen LogP contribution is 2.21. The van der Waals surface area contributed by atoms with Crippen LogP contribution >= 0.6 is 0 Å². The lowest BCUT2D eigenvalue weighted by Crippen LogP contribution is -2.29. The molecule has 2 atom stereocenters. The monoisotopic (exact) mass is 428 g/mol. The molecule has 0 aliphatic carbocycles. The number of anilines is 1. The molecule has 1 aliphatic heterocycles. The molecule has 2 unspecified atom stereocenters. The number of rotatable bonds is 8. The van der Waals surface area contributed by atoms with E-state index in [-0.39, 0.29) is 17.9 Å². The van der Waals surface area contributed by atoms with Gasteiger partial charge in [0.1, 0.15) is 6.10 Å². The van der Waals surface area contributed by atoms with Gasteiger partial charge in [-0.3, -0.25) is 9.59 Å². The van der Waals surface area contributed by atoms with Crippen molar-refractivity contribution in [3.63, 3.8) is 0 Å². The van der Waals surface area contributed by atoms with Crippen molar-refractivity contribution in [3.8, 4) is 0 Å². The zero-order valence-electron chi connectivity index (χ0n) is 18.0. The van der Waals surface area contributed by atoms with Crippen LogP contribution in [-0.4, -0.2) is 24.5 Å². The summed E-state index contributed by atoms with van der Waals surface area (Å²) in [4.78, 5) is 25.4. The quantitative estimate of drug-likeness (QED) is 0.536. The average Bonchev–Trinajstić information content (AvgIpc) is 3.38. The molecular weight excluding hydrogens is 400 g/mol. The van der Waals surface area contributed by atoms with E-state index in [1.807, 2.05) is 48.5 Å². The van der Waals surface area contributed by atoms with Gasteiger partial charge in [0.05, 0.1) is 6.04 Å². The zero-order chi connectivity index (χ0) is 22.2. The second kappa shape index (κ2) is 10.7. The van der Waals surface area contributed by atoms with Crippen LogP contribution < -0.4 is 10.6 Å². The maximum Gasteiger partial charge on any atom is 0.253 e. The topological polar surface area (TPSA) is 67.4 Å². The number of carbonyl (C=O) groups excluding carboxylic acids is 2. The molecule has 1 heterocycles. The number of nitrogens with one attached hydrogen (secondary N) is 2. The number of hydrogen-bond donors (Lipinski definition) is 2. The Morgan fingerprint density at radius 1 is 0.938 bits per heavy atom. The summed E-state index contributed by atoms with van der Waals surface area (Å²) >= 11 is 0. The lowest BCUT2D eigenvalue weighted by atomic mass is 9.98. The van der Waals surface area contributed by atoms with Gasteiger partial charge < -0.3 is 15.4 Å². The molecule has 2 N–H and O–H groups in total. The van der Waals surface area contributed by atoms with Gasteiger partial charge in [-0.2, -0.15) is 0 Å². The van der Waals surface area contributed by atoms with Crippen LogP contribution in [0.2, 0.25) is 0 Å². The normalized spacial score (nSPS) is 16.3. The van der Waals surface area contributed by atoms with Crippen LogP contribution in [0.1, 0.15) is 46.8 Å². The van der Waals surface area contributed by atoms with Crippen molar-refractivity contribution in [3.05, 3.63) is 102 Å². The Balaban J connectivity index is 1.44. The summed E-state index contributed by atoms with van der Waals surface area (Å²) in [6.07, 6.45) is 2.86. The molecule has 1 saturated heterocycles. The van der Waals surface area contributed by atoms with Crippen LogP contribution in [0.15, 0.2) is 84.9 Å². The number of amides is 2. The number of aryl methyl sites for hydroxylation is 1. The SMILES string of the molecule is O=C(NC(CCc1ccccc1)c1ccccc1)c1cccc(NC(=O)C2CCCO2)c1. The van der Waals surface area contributed by atoms with Crippen molar-refractivity contribution in [1.82, 2.24) is 5.32 Å². The van der Waals surface area contributed by atoms with E-state index in [9.17, 15) is 9.59 Å².